The van der Waals surface area contributed by atoms with Gasteiger partial charge in [0.2, 0.25) is 0 Å². The summed E-state index contributed by atoms with van der Waals surface area (Å²) in [5, 5.41) is 0.535. The third-order valence-corrected chi connectivity index (χ3v) is 5.37. The highest BCUT2D eigenvalue weighted by Crippen LogP contribution is 2.30. The Morgan fingerprint density at radius 3 is 2.19 bits per heavy atom. The summed E-state index contributed by atoms with van der Waals surface area (Å²) in [4.78, 5) is 0.0195. The summed E-state index contributed by atoms with van der Waals surface area (Å²) in [6, 6.07) is 8.40. The van der Waals surface area contributed by atoms with Crippen molar-refractivity contribution in [2.24, 2.45) is 0 Å². The molecular weight excluding hydrogens is 329 g/mol. The van der Waals surface area contributed by atoms with Gasteiger partial charge in [0.15, 0.2) is 0 Å². The molecule has 0 saturated carbocycles. The van der Waals surface area contributed by atoms with Crippen LogP contribution in [0.5, 0.6) is 0 Å². The standard InChI is InChI=1S/C15H15Cl2NO2S/c1-9-4-5-14(11(3)6-9)18-21(19,20)15-7-10(2)12(16)8-13(15)17/h4-8,18H,1-3H3. The van der Waals surface area contributed by atoms with Crippen molar-refractivity contribution in [2.75, 3.05) is 4.72 Å². The fourth-order valence-corrected chi connectivity index (χ4v) is 3.93. The third-order valence-electron chi connectivity index (χ3n) is 3.13. The van der Waals surface area contributed by atoms with Gasteiger partial charge < -0.3 is 0 Å². The van der Waals surface area contributed by atoms with Gasteiger partial charge in [0.1, 0.15) is 4.90 Å². The predicted molar refractivity (Wildman–Crippen MR) is 87.9 cm³/mol. The number of rotatable bonds is 3. The Labute approximate surface area is 135 Å². The minimum Gasteiger partial charge on any atom is -0.279 e. The zero-order valence-electron chi connectivity index (χ0n) is 11.9. The minimum absolute atomic E-state index is 0.0195. The number of hydrogen-bond acceptors (Lipinski definition) is 2. The topological polar surface area (TPSA) is 46.2 Å². The molecule has 0 radical (unpaired) electrons. The van der Waals surface area contributed by atoms with Crippen LogP contribution in [0, 0.1) is 20.8 Å². The Kier molecular flexibility index (Phi) is 4.51. The van der Waals surface area contributed by atoms with Crippen LogP contribution in [0.15, 0.2) is 35.2 Å². The van der Waals surface area contributed by atoms with Crippen molar-refractivity contribution in [1.29, 1.82) is 0 Å². The first kappa shape index (κ1) is 16.1. The van der Waals surface area contributed by atoms with Crippen molar-refractivity contribution in [3.63, 3.8) is 0 Å². The van der Waals surface area contributed by atoms with E-state index in [0.29, 0.717) is 16.3 Å². The fourth-order valence-electron chi connectivity index (χ4n) is 1.96. The second-order valence-corrected chi connectivity index (χ2v) is 7.42. The van der Waals surface area contributed by atoms with Gasteiger partial charge in [-0.1, -0.05) is 40.9 Å². The van der Waals surface area contributed by atoms with E-state index in [0.717, 1.165) is 11.1 Å². The summed E-state index contributed by atoms with van der Waals surface area (Å²) < 4.78 is 27.5. The molecule has 0 amide bonds. The van der Waals surface area contributed by atoms with E-state index < -0.39 is 10.0 Å². The largest absolute Gasteiger partial charge is 0.279 e. The van der Waals surface area contributed by atoms with E-state index in [1.165, 1.54) is 12.1 Å². The fraction of sp³-hybridized carbons (Fsp3) is 0.200. The Balaban J connectivity index is 2.46. The van der Waals surface area contributed by atoms with Crippen LogP contribution in [0.1, 0.15) is 16.7 Å². The lowest BCUT2D eigenvalue weighted by Gasteiger charge is -2.13. The van der Waals surface area contributed by atoms with Gasteiger partial charge in [0.25, 0.3) is 10.0 Å². The minimum atomic E-state index is -3.76. The smallest absolute Gasteiger partial charge is 0.263 e. The van der Waals surface area contributed by atoms with Gasteiger partial charge in [-0.2, -0.15) is 0 Å². The summed E-state index contributed by atoms with van der Waals surface area (Å²) in [5.41, 5.74) is 3.10. The van der Waals surface area contributed by atoms with Crippen LogP contribution in [0.25, 0.3) is 0 Å². The zero-order valence-corrected chi connectivity index (χ0v) is 14.2. The molecule has 0 fully saturated rings. The lowest BCUT2D eigenvalue weighted by Crippen LogP contribution is -2.14. The second-order valence-electron chi connectivity index (χ2n) is 4.96. The molecule has 6 heteroatoms. The number of halogens is 2. The molecule has 0 saturated heterocycles. The van der Waals surface area contributed by atoms with Gasteiger partial charge in [0, 0.05) is 5.02 Å². The number of hydrogen-bond donors (Lipinski definition) is 1. The van der Waals surface area contributed by atoms with Crippen LogP contribution in [-0.2, 0) is 10.0 Å². The number of anilines is 1. The summed E-state index contributed by atoms with van der Waals surface area (Å²) in [5.74, 6) is 0. The van der Waals surface area contributed by atoms with Crippen molar-refractivity contribution in [1.82, 2.24) is 0 Å². The molecule has 0 bridgehead atoms. The van der Waals surface area contributed by atoms with Gasteiger partial charge in [0.05, 0.1) is 10.7 Å². The summed E-state index contributed by atoms with van der Waals surface area (Å²) >= 11 is 12.0. The molecule has 0 aliphatic heterocycles. The Bertz CT molecular complexity index is 802. The summed E-state index contributed by atoms with van der Waals surface area (Å²) in [7, 11) is -3.76. The molecular formula is C15H15Cl2NO2S. The molecule has 2 aromatic rings. The molecule has 0 aromatic heterocycles. The molecule has 0 aliphatic rings. The molecule has 21 heavy (non-hydrogen) atoms. The van der Waals surface area contributed by atoms with E-state index in [1.54, 1.807) is 13.0 Å². The zero-order chi connectivity index (χ0) is 15.8. The van der Waals surface area contributed by atoms with E-state index in [-0.39, 0.29) is 9.92 Å². The molecule has 2 aromatic carbocycles. The summed E-state index contributed by atoms with van der Waals surface area (Å²) in [6.45, 7) is 5.53. The molecule has 0 atom stereocenters. The van der Waals surface area contributed by atoms with Crippen LogP contribution in [0.2, 0.25) is 10.0 Å². The van der Waals surface area contributed by atoms with E-state index in [1.807, 2.05) is 26.0 Å². The van der Waals surface area contributed by atoms with E-state index in [9.17, 15) is 8.42 Å². The van der Waals surface area contributed by atoms with Gasteiger partial charge in [-0.05, 0) is 50.1 Å². The highest BCUT2D eigenvalue weighted by atomic mass is 35.5. The lowest BCUT2D eigenvalue weighted by molar-refractivity contribution is 0.601. The van der Waals surface area contributed by atoms with Gasteiger partial charge in [-0.15, -0.1) is 0 Å². The molecule has 0 aliphatic carbocycles. The average molecular weight is 344 g/mol. The van der Waals surface area contributed by atoms with Crippen molar-refractivity contribution in [3.05, 3.63) is 57.1 Å². The van der Waals surface area contributed by atoms with Crippen LogP contribution in [-0.4, -0.2) is 8.42 Å². The summed E-state index contributed by atoms with van der Waals surface area (Å²) in [6.07, 6.45) is 0. The SMILES string of the molecule is Cc1ccc(NS(=O)(=O)c2cc(C)c(Cl)cc2Cl)c(C)c1. The molecule has 0 heterocycles. The van der Waals surface area contributed by atoms with Crippen molar-refractivity contribution in [3.8, 4) is 0 Å². The average Bonchev–Trinajstić information content (AvgIpc) is 2.37. The second kappa shape index (κ2) is 5.87. The monoisotopic (exact) mass is 343 g/mol. The lowest BCUT2D eigenvalue weighted by atomic mass is 10.1. The number of sulfonamides is 1. The third kappa shape index (κ3) is 3.51. The molecule has 1 N–H and O–H groups in total. The first-order valence-corrected chi connectivity index (χ1v) is 8.50. The molecule has 0 spiro atoms. The molecule has 3 nitrogen and oxygen atoms in total. The maximum Gasteiger partial charge on any atom is 0.263 e. The number of aryl methyl sites for hydroxylation is 3. The van der Waals surface area contributed by atoms with Gasteiger partial charge >= 0.3 is 0 Å². The first-order valence-electron chi connectivity index (χ1n) is 6.26. The van der Waals surface area contributed by atoms with Crippen LogP contribution in [0.4, 0.5) is 5.69 Å². The van der Waals surface area contributed by atoms with E-state index in [2.05, 4.69) is 4.72 Å². The van der Waals surface area contributed by atoms with Gasteiger partial charge in [-0.25, -0.2) is 8.42 Å². The Hall–Kier alpha value is -1.23. The van der Waals surface area contributed by atoms with Crippen molar-refractivity contribution >= 4 is 38.9 Å². The van der Waals surface area contributed by atoms with E-state index in [4.69, 9.17) is 23.2 Å². The Morgan fingerprint density at radius 2 is 1.57 bits per heavy atom. The normalized spacial score (nSPS) is 11.5. The van der Waals surface area contributed by atoms with Crippen LogP contribution in [0.3, 0.4) is 0 Å². The number of benzene rings is 2. The quantitative estimate of drug-likeness (QED) is 0.876. The van der Waals surface area contributed by atoms with Crippen molar-refractivity contribution in [2.45, 2.75) is 25.7 Å². The molecule has 2 rings (SSSR count). The Morgan fingerprint density at radius 1 is 0.905 bits per heavy atom. The first-order chi connectivity index (χ1) is 9.70. The van der Waals surface area contributed by atoms with Crippen LogP contribution < -0.4 is 4.72 Å². The van der Waals surface area contributed by atoms with Crippen LogP contribution >= 0.6 is 23.2 Å². The van der Waals surface area contributed by atoms with Gasteiger partial charge in [-0.3, -0.25) is 4.72 Å². The molecule has 112 valence electrons. The maximum absolute atomic E-state index is 12.5. The van der Waals surface area contributed by atoms with Crippen molar-refractivity contribution < 1.29 is 8.42 Å². The molecule has 0 unspecified atom stereocenters. The maximum atomic E-state index is 12.5. The highest BCUT2D eigenvalue weighted by Gasteiger charge is 2.20. The predicted octanol–water partition coefficient (Wildman–Crippen LogP) is 4.72. The number of nitrogens with one attached hydrogen (secondary N) is 1. The highest BCUT2D eigenvalue weighted by molar-refractivity contribution is 7.92. The van der Waals surface area contributed by atoms with E-state index >= 15 is 0 Å².